The molecule has 4 rings (SSSR count). The van der Waals surface area contributed by atoms with Crippen molar-refractivity contribution in [2.75, 3.05) is 6.54 Å². The van der Waals surface area contributed by atoms with Gasteiger partial charge in [-0.05, 0) is 34.3 Å². The number of fused-ring (bicyclic) bond motifs is 2. The smallest absolute Gasteiger partial charge is 0.336 e. The summed E-state index contributed by atoms with van der Waals surface area (Å²) in [5.74, 6) is -3.83. The van der Waals surface area contributed by atoms with Crippen molar-refractivity contribution in [1.29, 1.82) is 5.26 Å². The van der Waals surface area contributed by atoms with E-state index in [0.29, 0.717) is 16.5 Å². The quantitative estimate of drug-likeness (QED) is 0.560. The molecule has 37 heavy (non-hydrogen) atoms. The first-order chi connectivity index (χ1) is 17.1. The second kappa shape index (κ2) is 8.75. The summed E-state index contributed by atoms with van der Waals surface area (Å²) in [6, 6.07) is 3.71. The molecule has 1 saturated heterocycles. The van der Waals surface area contributed by atoms with E-state index in [1.54, 1.807) is 45.2 Å². The number of carbonyl (C=O) groups excluding carboxylic acids is 3. The maximum Gasteiger partial charge on any atom is 0.471 e. The minimum absolute atomic E-state index is 0.0380. The summed E-state index contributed by atoms with van der Waals surface area (Å²) in [6.45, 7) is 8.71. The van der Waals surface area contributed by atoms with Crippen LogP contribution in [0.25, 0.3) is 10.9 Å². The third-order valence-corrected chi connectivity index (χ3v) is 7.65. The molecular weight excluding hydrogens is 489 g/mol. The monoisotopic (exact) mass is 518 g/mol. The van der Waals surface area contributed by atoms with Gasteiger partial charge in [-0.3, -0.25) is 19.5 Å². The summed E-state index contributed by atoms with van der Waals surface area (Å²) >= 11 is 0. The van der Waals surface area contributed by atoms with Gasteiger partial charge in [-0.1, -0.05) is 46.8 Å². The number of piperidine rings is 1. The number of hydrogen-bond donors (Lipinski definition) is 3. The van der Waals surface area contributed by atoms with E-state index in [2.05, 4.69) is 21.6 Å². The van der Waals surface area contributed by atoms with Gasteiger partial charge < -0.3 is 15.5 Å². The molecule has 3 amide bonds. The number of alkyl halides is 3. The van der Waals surface area contributed by atoms with Crippen LogP contribution in [-0.4, -0.2) is 57.6 Å². The van der Waals surface area contributed by atoms with E-state index in [1.807, 2.05) is 19.2 Å². The summed E-state index contributed by atoms with van der Waals surface area (Å²) in [4.78, 5) is 40.2. The summed E-state index contributed by atoms with van der Waals surface area (Å²) in [6.07, 6.45) is -3.62. The predicted molar refractivity (Wildman–Crippen MR) is 126 cm³/mol. The van der Waals surface area contributed by atoms with Crippen LogP contribution in [0.1, 0.15) is 46.2 Å². The van der Waals surface area contributed by atoms with E-state index in [1.165, 1.54) is 4.90 Å². The number of H-pyrrole nitrogens is 1. The number of likely N-dealkylation sites (tertiary alicyclic amines) is 1. The molecule has 1 aromatic carbocycles. The first-order valence-corrected chi connectivity index (χ1v) is 11.9. The van der Waals surface area contributed by atoms with Gasteiger partial charge in [0.2, 0.25) is 11.8 Å². The predicted octanol–water partition coefficient (Wildman–Crippen LogP) is 2.82. The van der Waals surface area contributed by atoms with Crippen LogP contribution in [0.5, 0.6) is 0 Å². The molecule has 0 radical (unpaired) electrons. The highest BCUT2D eigenvalue weighted by Crippen LogP contribution is 2.65. The van der Waals surface area contributed by atoms with Crippen LogP contribution in [0.15, 0.2) is 24.4 Å². The van der Waals surface area contributed by atoms with Gasteiger partial charge in [0, 0.05) is 11.9 Å². The van der Waals surface area contributed by atoms with Crippen LogP contribution in [0.4, 0.5) is 13.2 Å². The van der Waals surface area contributed by atoms with Gasteiger partial charge >= 0.3 is 12.1 Å². The highest BCUT2D eigenvalue weighted by Gasteiger charge is 2.70. The van der Waals surface area contributed by atoms with Gasteiger partial charge in [0.1, 0.15) is 18.1 Å². The third kappa shape index (κ3) is 4.63. The summed E-state index contributed by atoms with van der Waals surface area (Å²) in [5, 5.41) is 21.9. The number of nitriles is 1. The van der Waals surface area contributed by atoms with Crippen LogP contribution < -0.4 is 10.6 Å². The van der Waals surface area contributed by atoms with Crippen LogP contribution in [0.3, 0.4) is 0 Å². The molecule has 12 heteroatoms. The Morgan fingerprint density at radius 1 is 1.22 bits per heavy atom. The van der Waals surface area contributed by atoms with Crippen molar-refractivity contribution in [2.24, 2.45) is 22.7 Å². The highest BCUT2D eigenvalue weighted by atomic mass is 19.4. The molecule has 1 aliphatic carbocycles. The molecule has 1 aromatic heterocycles. The molecule has 0 spiro atoms. The lowest BCUT2D eigenvalue weighted by Gasteiger charge is -2.37. The fourth-order valence-corrected chi connectivity index (χ4v) is 5.49. The number of halogens is 3. The second-order valence-corrected chi connectivity index (χ2v) is 11.4. The molecule has 3 N–H and O–H groups in total. The van der Waals surface area contributed by atoms with Crippen LogP contribution in [0, 0.1) is 34.0 Å². The number of nitrogens with one attached hydrogen (secondary N) is 3. The Morgan fingerprint density at radius 2 is 1.89 bits per heavy atom. The second-order valence-electron chi connectivity index (χ2n) is 11.4. The molecule has 198 valence electrons. The fourth-order valence-electron chi connectivity index (χ4n) is 5.49. The van der Waals surface area contributed by atoms with Crippen molar-refractivity contribution in [3.63, 3.8) is 0 Å². The van der Waals surface area contributed by atoms with E-state index in [-0.39, 0.29) is 23.8 Å². The number of amides is 3. The Bertz CT molecular complexity index is 1290. The summed E-state index contributed by atoms with van der Waals surface area (Å²) in [5.41, 5.74) is -0.123. The van der Waals surface area contributed by atoms with Gasteiger partial charge in [-0.15, -0.1) is 0 Å². The van der Waals surface area contributed by atoms with Crippen LogP contribution >= 0.6 is 0 Å². The van der Waals surface area contributed by atoms with Crippen molar-refractivity contribution in [1.82, 2.24) is 25.7 Å². The van der Waals surface area contributed by atoms with Gasteiger partial charge in [0.25, 0.3) is 0 Å². The van der Waals surface area contributed by atoms with E-state index >= 15 is 0 Å². The molecule has 1 aliphatic heterocycles. The maximum atomic E-state index is 13.6. The zero-order valence-electron chi connectivity index (χ0n) is 21.1. The topological polar surface area (TPSA) is 131 Å². The van der Waals surface area contributed by atoms with Gasteiger partial charge in [0.15, 0.2) is 0 Å². The number of carbonyl (C=O) groups is 3. The Labute approximate surface area is 211 Å². The van der Waals surface area contributed by atoms with Crippen molar-refractivity contribution < 1.29 is 27.6 Å². The van der Waals surface area contributed by atoms with Gasteiger partial charge in [-0.2, -0.15) is 23.5 Å². The molecule has 1 unspecified atom stereocenters. The molecule has 2 heterocycles. The zero-order valence-corrected chi connectivity index (χ0v) is 21.1. The minimum atomic E-state index is -5.16. The molecule has 2 fully saturated rings. The lowest BCUT2D eigenvalue weighted by Crippen LogP contribution is -2.60. The first kappa shape index (κ1) is 26.4. The molecule has 2 aromatic rings. The average Bonchev–Trinajstić information content (AvgIpc) is 3.21. The van der Waals surface area contributed by atoms with E-state index in [0.717, 1.165) is 0 Å². The van der Waals surface area contributed by atoms with Crippen molar-refractivity contribution >= 4 is 28.6 Å². The average molecular weight is 519 g/mol. The van der Waals surface area contributed by atoms with E-state index in [4.69, 9.17) is 0 Å². The number of rotatable bonds is 5. The van der Waals surface area contributed by atoms with Crippen LogP contribution in [0.2, 0.25) is 0 Å². The standard InChI is InChI=1S/C25H29F3N6O3/c1-23(2,3)19(32-22(37)25(26,27)28)21(36)34-11-14-17(24(14,4)5)18(34)20(35)31-16(9-29)12-7-6-8-15-13(12)10-30-33-15/h6-8,10,14,16-19H,11H2,1-5H3,(H,30,33)(H,31,35)(H,32,37)/t14-,16?,17-,18-,19+/m0/s1. The zero-order chi connectivity index (χ0) is 27.5. The number of nitrogens with zero attached hydrogens (tertiary/aromatic N) is 3. The maximum absolute atomic E-state index is 13.6. The van der Waals surface area contributed by atoms with E-state index in [9.17, 15) is 32.8 Å². The molecule has 1 saturated carbocycles. The lowest BCUT2D eigenvalue weighted by atomic mass is 9.85. The third-order valence-electron chi connectivity index (χ3n) is 7.65. The van der Waals surface area contributed by atoms with Crippen molar-refractivity contribution in [3.05, 3.63) is 30.0 Å². The molecule has 9 nitrogen and oxygen atoms in total. The summed E-state index contributed by atoms with van der Waals surface area (Å²) < 4.78 is 39.0. The Hall–Kier alpha value is -3.62. The molecular formula is C25H29F3N6O3. The largest absolute Gasteiger partial charge is 0.471 e. The highest BCUT2D eigenvalue weighted by molar-refractivity contribution is 5.95. The SMILES string of the molecule is CC(C)(C)[C@H](NC(=O)C(F)(F)F)C(=O)N1C[C@H]2[C@@H]([C@H]1C(=O)NC(C#N)c1cccc3[nH]ncc13)C2(C)C. The number of aromatic amines is 1. The Balaban J connectivity index is 1.62. The first-order valence-electron chi connectivity index (χ1n) is 11.9. The van der Waals surface area contributed by atoms with Gasteiger partial charge in [0.05, 0.1) is 17.8 Å². The molecule has 0 bridgehead atoms. The molecule has 2 aliphatic rings. The summed E-state index contributed by atoms with van der Waals surface area (Å²) in [7, 11) is 0. The Morgan fingerprint density at radius 3 is 2.49 bits per heavy atom. The Kier molecular flexibility index (Phi) is 6.25. The fraction of sp³-hybridized carbons (Fsp3) is 0.560. The molecule has 5 atom stereocenters. The minimum Gasteiger partial charge on any atom is -0.336 e. The number of aromatic nitrogens is 2. The van der Waals surface area contributed by atoms with Crippen molar-refractivity contribution in [3.8, 4) is 6.07 Å². The normalized spacial score (nSPS) is 24.1. The number of hydrogen-bond acceptors (Lipinski definition) is 5. The van der Waals surface area contributed by atoms with Gasteiger partial charge in [-0.25, -0.2) is 0 Å². The van der Waals surface area contributed by atoms with E-state index < -0.39 is 47.4 Å². The number of benzene rings is 1. The lowest BCUT2D eigenvalue weighted by molar-refractivity contribution is -0.176. The van der Waals surface area contributed by atoms with Crippen molar-refractivity contribution in [2.45, 2.75) is 58.9 Å². The van der Waals surface area contributed by atoms with Crippen LogP contribution in [-0.2, 0) is 14.4 Å².